The largest absolute Gasteiger partial charge is 0.476 e. The van der Waals surface area contributed by atoms with Gasteiger partial charge in [-0.25, -0.2) is 14.5 Å². The molecule has 0 spiro atoms. The molecule has 0 aromatic carbocycles. The van der Waals surface area contributed by atoms with Gasteiger partial charge in [-0.3, -0.25) is 0 Å². The molecule has 1 unspecified atom stereocenters. The Morgan fingerprint density at radius 2 is 2.25 bits per heavy atom. The lowest BCUT2D eigenvalue weighted by atomic mass is 10.1. The van der Waals surface area contributed by atoms with E-state index in [9.17, 15) is 9.18 Å². The Balaban J connectivity index is 2.45. The third kappa shape index (κ3) is 2.38. The summed E-state index contributed by atoms with van der Waals surface area (Å²) in [7, 11) is 0. The van der Waals surface area contributed by atoms with Crippen LogP contribution in [0.4, 0.5) is 4.39 Å². The summed E-state index contributed by atoms with van der Waals surface area (Å²) in [6.07, 6.45) is 1.92. The van der Waals surface area contributed by atoms with E-state index >= 15 is 0 Å². The Morgan fingerprint density at radius 1 is 1.55 bits per heavy atom. The zero-order valence-electron chi connectivity index (χ0n) is 11.5. The van der Waals surface area contributed by atoms with Crippen LogP contribution in [0.5, 0.6) is 0 Å². The summed E-state index contributed by atoms with van der Waals surface area (Å²) in [5.74, 6) is -1.62. The molecule has 2 rings (SSSR count). The third-order valence-electron chi connectivity index (χ3n) is 3.21. The first-order chi connectivity index (χ1) is 9.45. The first kappa shape index (κ1) is 14.1. The van der Waals surface area contributed by atoms with Crippen molar-refractivity contribution in [2.45, 2.75) is 33.2 Å². The van der Waals surface area contributed by atoms with E-state index < -0.39 is 11.9 Å². The number of carbonyl (C=O) groups is 1. The molecule has 2 heterocycles. The van der Waals surface area contributed by atoms with Gasteiger partial charge in [-0.15, -0.1) is 5.10 Å². The molecule has 106 valence electrons. The maximum Gasteiger partial charge on any atom is 0.358 e. The summed E-state index contributed by atoms with van der Waals surface area (Å²) < 4.78 is 14.7. The standard InChI is InChI=1S/C13H15FN4O2/c1-4-10-11(13(19)20)16-17-18(10)8(3)9-5-7(2)12(14)15-6-9/h5-6,8H,4H2,1-3H3,(H,19,20). The molecule has 6 nitrogen and oxygen atoms in total. The molecule has 0 aliphatic rings. The van der Waals surface area contributed by atoms with E-state index in [1.807, 2.05) is 13.8 Å². The summed E-state index contributed by atoms with van der Waals surface area (Å²) in [4.78, 5) is 14.8. The van der Waals surface area contributed by atoms with Gasteiger partial charge in [0.25, 0.3) is 0 Å². The molecule has 20 heavy (non-hydrogen) atoms. The zero-order valence-corrected chi connectivity index (χ0v) is 11.5. The minimum atomic E-state index is -1.10. The van der Waals surface area contributed by atoms with Crippen LogP contribution in [0, 0.1) is 12.9 Å². The van der Waals surface area contributed by atoms with Gasteiger partial charge in [-0.1, -0.05) is 12.1 Å². The second-order valence-corrected chi connectivity index (χ2v) is 4.54. The lowest BCUT2D eigenvalue weighted by molar-refractivity contribution is 0.0689. The fraction of sp³-hybridized carbons (Fsp3) is 0.385. The Bertz CT molecular complexity index is 654. The van der Waals surface area contributed by atoms with Gasteiger partial charge in [-0.05, 0) is 31.9 Å². The summed E-state index contributed by atoms with van der Waals surface area (Å²) in [5, 5.41) is 16.7. The predicted octanol–water partition coefficient (Wildman–Crippen LogP) is 1.99. The van der Waals surface area contributed by atoms with Crippen molar-refractivity contribution in [2.24, 2.45) is 0 Å². The van der Waals surface area contributed by atoms with Gasteiger partial charge in [0.15, 0.2) is 5.69 Å². The molecule has 0 saturated heterocycles. The van der Waals surface area contributed by atoms with Gasteiger partial charge in [0.05, 0.1) is 11.7 Å². The van der Waals surface area contributed by atoms with Gasteiger partial charge >= 0.3 is 5.97 Å². The van der Waals surface area contributed by atoms with Crippen molar-refractivity contribution in [3.8, 4) is 0 Å². The summed E-state index contributed by atoms with van der Waals surface area (Å²) >= 11 is 0. The van der Waals surface area contributed by atoms with Crippen molar-refractivity contribution in [1.82, 2.24) is 20.0 Å². The van der Waals surface area contributed by atoms with Crippen molar-refractivity contribution in [3.63, 3.8) is 0 Å². The number of hydrogen-bond acceptors (Lipinski definition) is 4. The summed E-state index contributed by atoms with van der Waals surface area (Å²) in [6.45, 7) is 5.31. The maximum absolute atomic E-state index is 13.2. The number of halogens is 1. The van der Waals surface area contributed by atoms with Crippen LogP contribution in [-0.4, -0.2) is 31.1 Å². The van der Waals surface area contributed by atoms with Crippen molar-refractivity contribution in [2.75, 3.05) is 0 Å². The molecule has 0 fully saturated rings. The minimum absolute atomic E-state index is 0.0499. The van der Waals surface area contributed by atoms with Crippen LogP contribution in [0.2, 0.25) is 0 Å². The van der Waals surface area contributed by atoms with E-state index in [0.717, 1.165) is 5.56 Å². The molecule has 0 saturated carbocycles. The van der Waals surface area contributed by atoms with Gasteiger partial charge in [0.2, 0.25) is 5.95 Å². The molecule has 7 heteroatoms. The predicted molar refractivity (Wildman–Crippen MR) is 69.1 cm³/mol. The Kier molecular flexibility index (Phi) is 3.78. The number of aromatic carboxylic acids is 1. The van der Waals surface area contributed by atoms with E-state index in [2.05, 4.69) is 15.3 Å². The highest BCUT2D eigenvalue weighted by molar-refractivity contribution is 5.86. The highest BCUT2D eigenvalue weighted by atomic mass is 19.1. The lowest BCUT2D eigenvalue weighted by Crippen LogP contribution is -2.14. The molecule has 1 atom stereocenters. The molecule has 0 aliphatic carbocycles. The molecule has 0 amide bonds. The number of carboxylic acids is 1. The van der Waals surface area contributed by atoms with Crippen LogP contribution in [0.25, 0.3) is 0 Å². The van der Waals surface area contributed by atoms with Crippen molar-refractivity contribution < 1.29 is 14.3 Å². The topological polar surface area (TPSA) is 80.9 Å². The monoisotopic (exact) mass is 278 g/mol. The lowest BCUT2D eigenvalue weighted by Gasteiger charge is -2.15. The van der Waals surface area contributed by atoms with E-state index in [0.29, 0.717) is 17.7 Å². The first-order valence-electron chi connectivity index (χ1n) is 6.25. The van der Waals surface area contributed by atoms with Crippen LogP contribution in [0.15, 0.2) is 12.3 Å². The highest BCUT2D eigenvalue weighted by Crippen LogP contribution is 2.21. The number of aryl methyl sites for hydroxylation is 1. The van der Waals surface area contributed by atoms with E-state index in [4.69, 9.17) is 5.11 Å². The third-order valence-corrected chi connectivity index (χ3v) is 3.21. The van der Waals surface area contributed by atoms with Crippen molar-refractivity contribution in [1.29, 1.82) is 0 Å². The number of aromatic nitrogens is 4. The zero-order chi connectivity index (χ0) is 14.9. The van der Waals surface area contributed by atoms with E-state index in [1.165, 1.54) is 10.9 Å². The molecular weight excluding hydrogens is 263 g/mol. The van der Waals surface area contributed by atoms with Gasteiger partial charge in [0, 0.05) is 11.8 Å². The molecule has 2 aromatic heterocycles. The molecule has 0 aliphatic heterocycles. The average molecular weight is 278 g/mol. The normalized spacial score (nSPS) is 12.4. The second kappa shape index (κ2) is 5.36. The van der Waals surface area contributed by atoms with Crippen LogP contribution in [-0.2, 0) is 6.42 Å². The van der Waals surface area contributed by atoms with Gasteiger partial charge in [0.1, 0.15) is 0 Å². The molecular formula is C13H15FN4O2. The average Bonchev–Trinajstić information content (AvgIpc) is 2.84. The fourth-order valence-corrected chi connectivity index (χ4v) is 2.07. The van der Waals surface area contributed by atoms with Crippen molar-refractivity contribution in [3.05, 3.63) is 40.7 Å². The van der Waals surface area contributed by atoms with E-state index in [1.54, 1.807) is 13.0 Å². The number of nitrogens with zero attached hydrogens (tertiary/aromatic N) is 4. The molecule has 2 aromatic rings. The Morgan fingerprint density at radius 3 is 2.80 bits per heavy atom. The minimum Gasteiger partial charge on any atom is -0.476 e. The molecule has 1 N–H and O–H groups in total. The Labute approximate surface area is 115 Å². The SMILES string of the molecule is CCc1c(C(=O)O)nnn1C(C)c1cnc(F)c(C)c1. The van der Waals surface area contributed by atoms with Crippen LogP contribution in [0.1, 0.15) is 47.2 Å². The second-order valence-electron chi connectivity index (χ2n) is 4.54. The van der Waals surface area contributed by atoms with Crippen LogP contribution in [0.3, 0.4) is 0 Å². The van der Waals surface area contributed by atoms with Gasteiger partial charge in [-0.2, -0.15) is 4.39 Å². The number of hydrogen-bond donors (Lipinski definition) is 1. The van der Waals surface area contributed by atoms with E-state index in [-0.39, 0.29) is 11.7 Å². The highest BCUT2D eigenvalue weighted by Gasteiger charge is 2.21. The van der Waals surface area contributed by atoms with Crippen LogP contribution >= 0.6 is 0 Å². The van der Waals surface area contributed by atoms with Crippen molar-refractivity contribution >= 4 is 5.97 Å². The number of pyridine rings is 1. The smallest absolute Gasteiger partial charge is 0.358 e. The Hall–Kier alpha value is -2.31. The number of rotatable bonds is 4. The maximum atomic E-state index is 13.2. The van der Waals surface area contributed by atoms with Gasteiger partial charge < -0.3 is 5.11 Å². The fourth-order valence-electron chi connectivity index (χ4n) is 2.07. The summed E-state index contributed by atoms with van der Waals surface area (Å²) in [5.41, 5.74) is 1.67. The number of carboxylic acid groups (broad SMARTS) is 1. The quantitative estimate of drug-likeness (QED) is 0.865. The van der Waals surface area contributed by atoms with Crippen LogP contribution < -0.4 is 0 Å². The molecule has 0 radical (unpaired) electrons. The summed E-state index contributed by atoms with van der Waals surface area (Å²) in [6, 6.07) is 1.41. The first-order valence-corrected chi connectivity index (χ1v) is 6.25. The molecule has 0 bridgehead atoms.